The fourth-order valence-electron chi connectivity index (χ4n) is 5.15. The fraction of sp³-hybridized carbons (Fsp3) is 0.360. The van der Waals surface area contributed by atoms with Crippen LogP contribution in [0.1, 0.15) is 24.0 Å². The van der Waals surface area contributed by atoms with Crippen LogP contribution in [0.25, 0.3) is 10.9 Å². The van der Waals surface area contributed by atoms with E-state index in [-0.39, 0.29) is 5.82 Å². The van der Waals surface area contributed by atoms with Crippen LogP contribution in [0, 0.1) is 5.82 Å². The second-order valence-electron chi connectivity index (χ2n) is 8.47. The number of anilines is 1. The minimum Gasteiger partial charge on any atom is -0.449 e. The van der Waals surface area contributed by atoms with Crippen LogP contribution in [0.4, 0.5) is 10.1 Å². The summed E-state index contributed by atoms with van der Waals surface area (Å²) in [6.07, 6.45) is 3.42. The van der Waals surface area contributed by atoms with E-state index >= 15 is 0 Å². The highest BCUT2D eigenvalue weighted by Gasteiger charge is 2.48. The van der Waals surface area contributed by atoms with Gasteiger partial charge in [0, 0.05) is 50.4 Å². The summed E-state index contributed by atoms with van der Waals surface area (Å²) in [6, 6.07) is 11.1. The van der Waals surface area contributed by atoms with Gasteiger partial charge in [-0.2, -0.15) is 0 Å². The van der Waals surface area contributed by atoms with Crippen molar-refractivity contribution in [3.8, 4) is 5.75 Å². The highest BCUT2D eigenvalue weighted by molar-refractivity contribution is 5.94. The molecule has 0 bridgehead atoms. The summed E-state index contributed by atoms with van der Waals surface area (Å²) in [6.45, 7) is 2.93. The highest BCUT2D eigenvalue weighted by atomic mass is 19.1. The lowest BCUT2D eigenvalue weighted by molar-refractivity contribution is 0.188. The Bertz CT molecular complexity index is 1220. The molecule has 0 atom stereocenters. The van der Waals surface area contributed by atoms with Gasteiger partial charge in [-0.25, -0.2) is 9.18 Å². The predicted octanol–water partition coefficient (Wildman–Crippen LogP) is 3.53. The molecule has 0 amide bonds. The summed E-state index contributed by atoms with van der Waals surface area (Å²) in [4.78, 5) is 14.1. The number of fused-ring (bicyclic) bond motifs is 3. The number of carbonyl (C=O) groups excluding carboxylic acids is 1. The molecule has 0 saturated carbocycles. The van der Waals surface area contributed by atoms with Gasteiger partial charge >= 0.3 is 0 Å². The third kappa shape index (κ3) is 3.13. The average Bonchev–Trinajstić information content (AvgIpc) is 3.34. The maximum atomic E-state index is 14.7. The number of nitrogens with two attached hydrogens (primary N) is 1. The van der Waals surface area contributed by atoms with Crippen molar-refractivity contribution in [2.75, 3.05) is 31.7 Å². The van der Waals surface area contributed by atoms with E-state index in [0.29, 0.717) is 62.7 Å². The van der Waals surface area contributed by atoms with E-state index in [1.54, 1.807) is 13.2 Å². The first-order valence-corrected chi connectivity index (χ1v) is 10.9. The molecule has 1 saturated heterocycles. The van der Waals surface area contributed by atoms with Crippen LogP contribution in [-0.2, 0) is 28.0 Å². The summed E-state index contributed by atoms with van der Waals surface area (Å²) in [5.74, 6) is 2.89. The number of hydrogen-bond acceptors (Lipinski definition) is 5. The van der Waals surface area contributed by atoms with E-state index in [2.05, 4.69) is 16.9 Å². The Morgan fingerprint density at radius 2 is 2.06 bits per heavy atom. The van der Waals surface area contributed by atoms with E-state index in [9.17, 15) is 9.18 Å². The zero-order chi connectivity index (χ0) is 22.3. The number of para-hydroxylation sites is 1. The van der Waals surface area contributed by atoms with Crippen LogP contribution in [0.3, 0.4) is 0 Å². The standard InChI is InChI=1S/C25H26FN3O3/c1-31-12-11-29-15-21(18-3-2-4-20(26)24(18)29)28-9-7-25(8-10-28)19-13-17(14-27)5-6-22(19)32-23(25)16-30/h2-6,13,15H,7-12,14,27H2,1H3. The van der Waals surface area contributed by atoms with Gasteiger partial charge in [0.2, 0.25) is 0 Å². The molecular weight excluding hydrogens is 409 g/mol. The SMILES string of the molecule is COCCn1cc(N2CCC3(CC2)C(=C=O)Oc2ccc(CN)cc23)c2cccc(F)c21. The molecule has 2 aromatic carbocycles. The molecule has 0 unspecified atom stereocenters. The van der Waals surface area contributed by atoms with Gasteiger partial charge < -0.3 is 24.7 Å². The second-order valence-corrected chi connectivity index (χ2v) is 8.47. The van der Waals surface area contributed by atoms with E-state index in [1.165, 1.54) is 6.07 Å². The van der Waals surface area contributed by atoms with Gasteiger partial charge in [-0.1, -0.05) is 18.2 Å². The normalized spacial score (nSPS) is 17.0. The number of halogens is 1. The Hall–Kier alpha value is -3.12. The molecule has 1 aromatic heterocycles. The third-order valence-corrected chi connectivity index (χ3v) is 6.86. The summed E-state index contributed by atoms with van der Waals surface area (Å²) >= 11 is 0. The van der Waals surface area contributed by atoms with Crippen LogP contribution in [0.5, 0.6) is 5.75 Å². The van der Waals surface area contributed by atoms with Gasteiger partial charge in [0.1, 0.15) is 11.6 Å². The number of ether oxygens (including phenoxy) is 2. The van der Waals surface area contributed by atoms with E-state index < -0.39 is 5.41 Å². The summed E-state index contributed by atoms with van der Waals surface area (Å²) in [5, 5.41) is 0.886. The molecule has 1 fully saturated rings. The first-order chi connectivity index (χ1) is 15.6. The lowest BCUT2D eigenvalue weighted by atomic mass is 9.72. The third-order valence-electron chi connectivity index (χ3n) is 6.86. The number of allylic oxidation sites excluding steroid dienone is 1. The fourth-order valence-corrected chi connectivity index (χ4v) is 5.15. The predicted molar refractivity (Wildman–Crippen MR) is 121 cm³/mol. The van der Waals surface area contributed by atoms with Crippen LogP contribution >= 0.6 is 0 Å². The molecule has 32 heavy (non-hydrogen) atoms. The first-order valence-electron chi connectivity index (χ1n) is 10.9. The summed E-state index contributed by atoms with van der Waals surface area (Å²) < 4.78 is 27.7. The van der Waals surface area contributed by atoms with Crippen LogP contribution < -0.4 is 15.4 Å². The topological polar surface area (TPSA) is 69.7 Å². The van der Waals surface area contributed by atoms with E-state index in [0.717, 1.165) is 22.2 Å². The Morgan fingerprint density at radius 1 is 1.25 bits per heavy atom. The van der Waals surface area contributed by atoms with Gasteiger partial charge in [0.05, 0.1) is 23.2 Å². The molecule has 2 aliphatic heterocycles. The summed E-state index contributed by atoms with van der Waals surface area (Å²) in [5.41, 5.74) is 8.99. The van der Waals surface area contributed by atoms with Gasteiger partial charge in [0.15, 0.2) is 11.7 Å². The number of aromatic nitrogens is 1. The quantitative estimate of drug-likeness (QED) is 0.621. The van der Waals surface area contributed by atoms with Gasteiger partial charge in [0.25, 0.3) is 0 Å². The highest BCUT2D eigenvalue weighted by Crippen LogP contribution is 2.51. The van der Waals surface area contributed by atoms with Crippen molar-refractivity contribution in [1.82, 2.24) is 4.57 Å². The lowest BCUT2D eigenvalue weighted by Crippen LogP contribution is -2.43. The summed E-state index contributed by atoms with van der Waals surface area (Å²) in [7, 11) is 1.64. The van der Waals surface area contributed by atoms with Gasteiger partial charge in [-0.3, -0.25) is 0 Å². The molecule has 5 rings (SSSR count). The number of methoxy groups -OCH3 is 1. The lowest BCUT2D eigenvalue weighted by Gasteiger charge is -2.39. The van der Waals surface area contributed by atoms with Crippen LogP contribution in [0.15, 0.2) is 48.4 Å². The maximum Gasteiger partial charge on any atom is 0.198 e. The molecular formula is C25H26FN3O3. The van der Waals surface area contributed by atoms with Crippen molar-refractivity contribution >= 4 is 22.5 Å². The van der Waals surface area contributed by atoms with E-state index in [4.69, 9.17) is 15.2 Å². The number of piperidine rings is 1. The largest absolute Gasteiger partial charge is 0.449 e. The smallest absolute Gasteiger partial charge is 0.198 e. The molecule has 6 nitrogen and oxygen atoms in total. The average molecular weight is 435 g/mol. The zero-order valence-corrected chi connectivity index (χ0v) is 18.1. The Balaban J connectivity index is 1.49. The van der Waals surface area contributed by atoms with Gasteiger partial charge in [-0.15, -0.1) is 0 Å². The molecule has 1 spiro atoms. The van der Waals surface area contributed by atoms with Crippen molar-refractivity contribution in [3.63, 3.8) is 0 Å². The number of hydrogen-bond donors (Lipinski definition) is 1. The molecule has 0 aliphatic carbocycles. The molecule has 0 radical (unpaired) electrons. The molecule has 2 aliphatic rings. The second kappa shape index (κ2) is 8.10. The molecule has 3 heterocycles. The number of rotatable bonds is 5. The van der Waals surface area contributed by atoms with Gasteiger partial charge in [-0.05, 0) is 36.6 Å². The monoisotopic (exact) mass is 435 g/mol. The van der Waals surface area contributed by atoms with Crippen molar-refractivity contribution in [2.45, 2.75) is 31.3 Å². The van der Waals surface area contributed by atoms with Crippen molar-refractivity contribution in [2.24, 2.45) is 5.73 Å². The van der Waals surface area contributed by atoms with Crippen LogP contribution in [-0.4, -0.2) is 37.3 Å². The Labute approximate surface area is 186 Å². The molecule has 2 N–H and O–H groups in total. The van der Waals surface area contributed by atoms with Crippen molar-refractivity contribution in [1.29, 1.82) is 0 Å². The molecule has 7 heteroatoms. The Morgan fingerprint density at radius 3 is 2.78 bits per heavy atom. The zero-order valence-electron chi connectivity index (χ0n) is 18.1. The van der Waals surface area contributed by atoms with E-state index in [1.807, 2.05) is 29.0 Å². The maximum absolute atomic E-state index is 14.7. The van der Waals surface area contributed by atoms with Crippen molar-refractivity contribution < 1.29 is 18.7 Å². The molecule has 3 aromatic rings. The minimum absolute atomic E-state index is 0.239. The first kappa shape index (κ1) is 20.8. The van der Waals surface area contributed by atoms with Crippen molar-refractivity contribution in [3.05, 3.63) is 65.3 Å². The molecule has 166 valence electrons. The minimum atomic E-state index is -0.488. The number of benzene rings is 2. The van der Waals surface area contributed by atoms with Crippen LogP contribution in [0.2, 0.25) is 0 Å². The Kier molecular flexibility index (Phi) is 5.25. The number of nitrogens with zero attached hydrogens (tertiary/aromatic N) is 2.